The number of imidazole rings is 1. The van der Waals surface area contributed by atoms with Crippen LogP contribution in [0.1, 0.15) is 35.9 Å². The van der Waals surface area contributed by atoms with Crippen LogP contribution in [0.2, 0.25) is 0 Å². The fourth-order valence-corrected chi connectivity index (χ4v) is 4.22. The summed E-state index contributed by atoms with van der Waals surface area (Å²) in [6, 6.07) is 15.9. The predicted molar refractivity (Wildman–Crippen MR) is 116 cm³/mol. The minimum Gasteiger partial charge on any atom is -0.315 e. The van der Waals surface area contributed by atoms with Crippen LogP contribution in [0.4, 0.5) is 0 Å². The van der Waals surface area contributed by atoms with E-state index in [9.17, 15) is 4.79 Å². The summed E-state index contributed by atoms with van der Waals surface area (Å²) in [6.45, 7) is 4.86. The Kier molecular flexibility index (Phi) is 5.57. The van der Waals surface area contributed by atoms with Crippen LogP contribution in [0.15, 0.2) is 65.2 Å². The van der Waals surface area contributed by atoms with Crippen LogP contribution < -0.4 is 10.2 Å². The maximum Gasteiger partial charge on any atom is 0.290 e. The first kappa shape index (κ1) is 19.1. The first-order chi connectivity index (χ1) is 14.2. The van der Waals surface area contributed by atoms with Crippen LogP contribution in [0, 0.1) is 6.92 Å². The Morgan fingerprint density at radius 1 is 1.17 bits per heavy atom. The number of nitrogens with one attached hydrogen (secondary N) is 1. The van der Waals surface area contributed by atoms with E-state index in [2.05, 4.69) is 44.5 Å². The summed E-state index contributed by atoms with van der Waals surface area (Å²) in [5, 5.41) is 6.54. The van der Waals surface area contributed by atoms with Crippen molar-refractivity contribution in [3.05, 3.63) is 76.3 Å². The van der Waals surface area contributed by atoms with E-state index in [0.29, 0.717) is 11.4 Å². The van der Waals surface area contributed by atoms with Gasteiger partial charge in [-0.3, -0.25) is 9.20 Å². The Bertz CT molecular complexity index is 1200. The van der Waals surface area contributed by atoms with Gasteiger partial charge in [0.1, 0.15) is 11.3 Å². The number of aromatic nitrogens is 3. The fourth-order valence-electron chi connectivity index (χ4n) is 3.33. The molecule has 7 heteroatoms. The van der Waals surface area contributed by atoms with Crippen molar-refractivity contribution in [2.24, 2.45) is 5.10 Å². The fraction of sp³-hybridized carbons (Fsp3) is 0.227. The molecule has 1 amide bonds. The van der Waals surface area contributed by atoms with E-state index in [1.807, 2.05) is 49.5 Å². The van der Waals surface area contributed by atoms with Gasteiger partial charge in [-0.2, -0.15) is 0 Å². The van der Waals surface area contributed by atoms with Gasteiger partial charge in [0.2, 0.25) is 4.80 Å². The molecule has 1 aromatic carbocycles. The molecule has 0 atom stereocenters. The number of rotatable bonds is 6. The van der Waals surface area contributed by atoms with Gasteiger partial charge in [0, 0.05) is 18.1 Å². The van der Waals surface area contributed by atoms with E-state index >= 15 is 0 Å². The molecule has 4 rings (SSSR count). The lowest BCUT2D eigenvalue weighted by atomic mass is 10.2. The van der Waals surface area contributed by atoms with Crippen molar-refractivity contribution in [2.45, 2.75) is 33.2 Å². The Hall–Kier alpha value is -3.19. The zero-order valence-electron chi connectivity index (χ0n) is 16.5. The van der Waals surface area contributed by atoms with E-state index in [1.54, 1.807) is 4.40 Å². The van der Waals surface area contributed by atoms with Gasteiger partial charge in [-0.05, 0) is 31.0 Å². The number of hydrogen-bond acceptors (Lipinski definition) is 4. The minimum absolute atomic E-state index is 0.266. The lowest BCUT2D eigenvalue weighted by molar-refractivity contribution is 0.0946. The number of nitrogens with zero attached hydrogens (tertiary/aromatic N) is 4. The second-order valence-corrected chi connectivity index (χ2v) is 7.64. The highest BCUT2D eigenvalue weighted by atomic mass is 32.1. The summed E-state index contributed by atoms with van der Waals surface area (Å²) in [6.07, 6.45) is 3.97. The first-order valence-electron chi connectivity index (χ1n) is 9.70. The lowest BCUT2D eigenvalue weighted by Gasteiger charge is -2.08. The molecule has 3 heterocycles. The van der Waals surface area contributed by atoms with Crippen molar-refractivity contribution < 1.29 is 4.79 Å². The molecule has 0 aliphatic heterocycles. The molecule has 0 unspecified atom stereocenters. The van der Waals surface area contributed by atoms with E-state index in [0.717, 1.165) is 41.1 Å². The number of carbonyl (C=O) groups excluding carboxylic acids is 1. The van der Waals surface area contributed by atoms with E-state index in [4.69, 9.17) is 0 Å². The third-order valence-corrected chi connectivity index (χ3v) is 5.64. The van der Waals surface area contributed by atoms with E-state index in [1.165, 1.54) is 11.3 Å². The normalized spacial score (nSPS) is 11.9. The maximum absolute atomic E-state index is 12.8. The number of hydrogen-bond donors (Lipinski definition) is 1. The topological polar surface area (TPSA) is 63.7 Å². The summed E-state index contributed by atoms with van der Waals surface area (Å²) < 4.78 is 3.96. The van der Waals surface area contributed by atoms with Gasteiger partial charge in [0.05, 0.1) is 11.4 Å². The monoisotopic (exact) mass is 405 g/mol. The number of carbonyl (C=O) groups is 1. The molecular formula is C22H23N5OS. The zero-order chi connectivity index (χ0) is 20.2. The highest BCUT2D eigenvalue weighted by Crippen LogP contribution is 2.20. The van der Waals surface area contributed by atoms with Gasteiger partial charge < -0.3 is 4.57 Å². The van der Waals surface area contributed by atoms with Crippen molar-refractivity contribution >= 4 is 22.9 Å². The summed E-state index contributed by atoms with van der Waals surface area (Å²) in [5.41, 5.74) is 6.92. The highest BCUT2D eigenvalue weighted by Gasteiger charge is 2.16. The number of pyridine rings is 1. The highest BCUT2D eigenvalue weighted by molar-refractivity contribution is 7.07. The lowest BCUT2D eigenvalue weighted by Crippen LogP contribution is -2.26. The number of unbranched alkanes of at least 4 members (excludes halogenated alkanes) is 1. The van der Waals surface area contributed by atoms with Crippen LogP contribution in [-0.2, 0) is 6.54 Å². The molecule has 29 heavy (non-hydrogen) atoms. The van der Waals surface area contributed by atoms with Crippen molar-refractivity contribution in [3.63, 3.8) is 0 Å². The number of benzene rings is 1. The average molecular weight is 406 g/mol. The molecular weight excluding hydrogens is 382 g/mol. The molecule has 0 bridgehead atoms. The Balaban J connectivity index is 1.68. The summed E-state index contributed by atoms with van der Waals surface area (Å²) in [4.78, 5) is 18.1. The summed E-state index contributed by atoms with van der Waals surface area (Å²) in [5.74, 6) is -0.266. The largest absolute Gasteiger partial charge is 0.315 e. The van der Waals surface area contributed by atoms with Gasteiger partial charge >= 0.3 is 0 Å². The third kappa shape index (κ3) is 3.86. The van der Waals surface area contributed by atoms with Gasteiger partial charge in [0.25, 0.3) is 5.91 Å². The molecule has 0 spiro atoms. The van der Waals surface area contributed by atoms with E-state index < -0.39 is 0 Å². The number of amides is 1. The van der Waals surface area contributed by atoms with Crippen LogP contribution in [0.25, 0.3) is 16.9 Å². The van der Waals surface area contributed by atoms with E-state index in [-0.39, 0.29) is 5.91 Å². The Morgan fingerprint density at radius 2 is 1.97 bits per heavy atom. The number of fused-ring (bicyclic) bond motifs is 1. The molecule has 1 N–H and O–H groups in total. The standard InChI is InChI=1S/C22H23N5OS/c1-3-4-13-26-18(17-10-6-5-7-11-17)15-29-22(26)25-24-21(28)20-16(2)23-19-12-8-9-14-27(19)20/h5-12,14-15H,3-4,13H2,1-2H3,(H,24,28)/b25-22+. The van der Waals surface area contributed by atoms with Crippen molar-refractivity contribution in [1.29, 1.82) is 0 Å². The number of aryl methyl sites for hydroxylation is 1. The van der Waals surface area contributed by atoms with Gasteiger partial charge in [-0.15, -0.1) is 16.4 Å². The molecule has 0 aliphatic carbocycles. The minimum atomic E-state index is -0.266. The van der Waals surface area contributed by atoms with Crippen molar-refractivity contribution in [1.82, 2.24) is 19.4 Å². The molecule has 0 saturated heterocycles. The van der Waals surface area contributed by atoms with Gasteiger partial charge in [0.15, 0.2) is 0 Å². The molecule has 6 nitrogen and oxygen atoms in total. The SMILES string of the molecule is CCCCn1c(-c2ccccc2)cs/c1=N/NC(=O)c1c(C)nc2ccccn12. The smallest absolute Gasteiger partial charge is 0.290 e. The third-order valence-electron chi connectivity index (χ3n) is 4.77. The predicted octanol–water partition coefficient (Wildman–Crippen LogP) is 4.22. The molecule has 0 fully saturated rings. The maximum atomic E-state index is 12.8. The van der Waals surface area contributed by atoms with Crippen molar-refractivity contribution in [2.75, 3.05) is 0 Å². The molecule has 0 radical (unpaired) electrons. The zero-order valence-corrected chi connectivity index (χ0v) is 17.3. The molecule has 0 aliphatic rings. The molecule has 3 aromatic heterocycles. The number of thiazole rings is 1. The average Bonchev–Trinajstić information content (AvgIpc) is 3.30. The van der Waals surface area contributed by atoms with Crippen LogP contribution in [0.5, 0.6) is 0 Å². The van der Waals surface area contributed by atoms with Gasteiger partial charge in [-0.25, -0.2) is 10.4 Å². The second kappa shape index (κ2) is 8.45. The molecule has 0 saturated carbocycles. The van der Waals surface area contributed by atoms with Crippen molar-refractivity contribution in [3.8, 4) is 11.3 Å². The first-order valence-corrected chi connectivity index (χ1v) is 10.6. The van der Waals surface area contributed by atoms with Gasteiger partial charge in [-0.1, -0.05) is 49.7 Å². The quantitative estimate of drug-likeness (QED) is 0.488. The summed E-state index contributed by atoms with van der Waals surface area (Å²) in [7, 11) is 0. The van der Waals surface area contributed by atoms with Crippen LogP contribution in [0.3, 0.4) is 0 Å². The van der Waals surface area contributed by atoms with Crippen LogP contribution >= 0.6 is 11.3 Å². The molecule has 148 valence electrons. The molecule has 4 aromatic rings. The summed E-state index contributed by atoms with van der Waals surface area (Å²) >= 11 is 1.53. The second-order valence-electron chi connectivity index (χ2n) is 6.80. The Labute approximate surface area is 173 Å². The van der Waals surface area contributed by atoms with Crippen LogP contribution in [-0.4, -0.2) is 19.9 Å². The Morgan fingerprint density at radius 3 is 2.76 bits per heavy atom.